The molecule has 0 spiro atoms. The van der Waals surface area contributed by atoms with E-state index in [2.05, 4.69) is 16.3 Å². The second kappa shape index (κ2) is 6.84. The van der Waals surface area contributed by atoms with Crippen molar-refractivity contribution < 1.29 is 17.9 Å². The molecule has 0 amide bonds. The zero-order chi connectivity index (χ0) is 18.3. The third-order valence-corrected chi connectivity index (χ3v) is 8.03. The number of benzene rings is 1. The van der Waals surface area contributed by atoms with Crippen LogP contribution in [0.1, 0.15) is 10.4 Å². The molecule has 0 N–H and O–H groups in total. The fraction of sp³-hybridized carbons (Fsp3) is 0.444. The van der Waals surface area contributed by atoms with Gasteiger partial charge in [-0.2, -0.15) is 4.31 Å². The van der Waals surface area contributed by atoms with E-state index in [0.29, 0.717) is 24.6 Å². The lowest BCUT2D eigenvalue weighted by atomic mass is 10.0. The number of nitrogens with zero attached hydrogens (tertiary/aromatic N) is 2. The maximum absolute atomic E-state index is 12.9. The van der Waals surface area contributed by atoms with E-state index in [0.717, 1.165) is 19.5 Å². The maximum Gasteiger partial charge on any atom is 0.243 e. The average Bonchev–Trinajstić information content (AvgIpc) is 3.07. The first-order valence-electron chi connectivity index (χ1n) is 8.54. The van der Waals surface area contributed by atoms with Gasteiger partial charge in [-0.05, 0) is 35.6 Å². The summed E-state index contributed by atoms with van der Waals surface area (Å²) < 4.78 is 37.7. The molecule has 26 heavy (non-hydrogen) atoms. The van der Waals surface area contributed by atoms with Gasteiger partial charge in [-0.15, -0.1) is 11.3 Å². The number of rotatable bonds is 5. The van der Waals surface area contributed by atoms with Gasteiger partial charge in [0.1, 0.15) is 0 Å². The van der Waals surface area contributed by atoms with Gasteiger partial charge in [-0.1, -0.05) is 0 Å². The third kappa shape index (κ3) is 3.00. The Morgan fingerprint density at radius 2 is 1.88 bits per heavy atom. The first kappa shape index (κ1) is 17.8. The maximum atomic E-state index is 12.9. The molecule has 8 heteroatoms. The van der Waals surface area contributed by atoms with Crippen LogP contribution in [0.15, 0.2) is 34.5 Å². The highest BCUT2D eigenvalue weighted by Gasteiger charge is 2.40. The molecule has 0 aliphatic carbocycles. The zero-order valence-corrected chi connectivity index (χ0v) is 16.5. The second-order valence-corrected chi connectivity index (χ2v) is 9.52. The minimum absolute atomic E-state index is 0.243. The van der Waals surface area contributed by atoms with Crippen LogP contribution in [0.5, 0.6) is 11.5 Å². The van der Waals surface area contributed by atoms with Crippen LogP contribution in [0, 0.1) is 0 Å². The SMILES string of the molecule is COc1ccc(S(=O)(=O)N2CC(N3CCc4sccc4C3)C2)cc1OC. The number of thiophene rings is 1. The standard InChI is InChI=1S/C18H22N2O4S2/c1-23-16-4-3-15(9-17(16)24-2)26(21,22)20-11-14(12-20)19-7-5-18-13(10-19)6-8-25-18/h3-4,6,8-9,14H,5,7,10-12H2,1-2H3. The summed E-state index contributed by atoms with van der Waals surface area (Å²) in [6, 6.07) is 7.20. The lowest BCUT2D eigenvalue weighted by Gasteiger charge is -2.45. The molecule has 1 aromatic carbocycles. The minimum Gasteiger partial charge on any atom is -0.493 e. The van der Waals surface area contributed by atoms with E-state index >= 15 is 0 Å². The van der Waals surface area contributed by atoms with Gasteiger partial charge >= 0.3 is 0 Å². The summed E-state index contributed by atoms with van der Waals surface area (Å²) in [5, 5.41) is 2.14. The van der Waals surface area contributed by atoms with Crippen molar-refractivity contribution in [2.24, 2.45) is 0 Å². The van der Waals surface area contributed by atoms with E-state index in [1.807, 2.05) is 11.3 Å². The molecule has 1 fully saturated rings. The second-order valence-electron chi connectivity index (χ2n) is 6.58. The molecular formula is C18H22N2O4S2. The number of hydrogen-bond donors (Lipinski definition) is 0. The number of sulfonamides is 1. The first-order chi connectivity index (χ1) is 12.5. The molecule has 2 aliphatic heterocycles. The van der Waals surface area contributed by atoms with Gasteiger partial charge in [-0.25, -0.2) is 8.42 Å². The number of ether oxygens (including phenoxy) is 2. The lowest BCUT2D eigenvalue weighted by Crippen LogP contribution is -2.61. The summed E-state index contributed by atoms with van der Waals surface area (Å²) in [7, 11) is -0.474. The minimum atomic E-state index is -3.51. The zero-order valence-electron chi connectivity index (χ0n) is 14.8. The van der Waals surface area contributed by atoms with Crippen molar-refractivity contribution in [1.29, 1.82) is 0 Å². The van der Waals surface area contributed by atoms with Crippen molar-refractivity contribution >= 4 is 21.4 Å². The topological polar surface area (TPSA) is 59.1 Å². The van der Waals surface area contributed by atoms with Gasteiger partial charge in [0.25, 0.3) is 0 Å². The van der Waals surface area contributed by atoms with Crippen LogP contribution in [0.2, 0.25) is 0 Å². The molecule has 1 saturated heterocycles. The molecule has 140 valence electrons. The molecule has 4 rings (SSSR count). The summed E-state index contributed by atoms with van der Waals surface area (Å²) in [5.74, 6) is 0.944. The first-order valence-corrected chi connectivity index (χ1v) is 10.9. The highest BCUT2D eigenvalue weighted by atomic mass is 32.2. The van der Waals surface area contributed by atoms with Crippen LogP contribution in [0.4, 0.5) is 0 Å². The molecule has 1 aromatic heterocycles. The Labute approximate surface area is 158 Å². The van der Waals surface area contributed by atoms with E-state index in [1.54, 1.807) is 16.4 Å². The Morgan fingerprint density at radius 1 is 1.12 bits per heavy atom. The van der Waals surface area contributed by atoms with Gasteiger partial charge in [0.05, 0.1) is 19.1 Å². The van der Waals surface area contributed by atoms with Crippen molar-refractivity contribution in [2.75, 3.05) is 33.9 Å². The quantitative estimate of drug-likeness (QED) is 0.778. The summed E-state index contributed by atoms with van der Waals surface area (Å²) in [5.41, 5.74) is 1.39. The van der Waals surface area contributed by atoms with Crippen LogP contribution in [0.3, 0.4) is 0 Å². The summed E-state index contributed by atoms with van der Waals surface area (Å²) in [4.78, 5) is 4.11. The molecule has 0 atom stereocenters. The van der Waals surface area contributed by atoms with E-state index in [-0.39, 0.29) is 10.9 Å². The van der Waals surface area contributed by atoms with E-state index in [4.69, 9.17) is 9.47 Å². The van der Waals surface area contributed by atoms with Gasteiger partial charge in [0, 0.05) is 43.2 Å². The molecule has 6 nitrogen and oxygen atoms in total. The van der Waals surface area contributed by atoms with Crippen LogP contribution >= 0.6 is 11.3 Å². The van der Waals surface area contributed by atoms with Crippen LogP contribution in [-0.2, 0) is 23.0 Å². The fourth-order valence-corrected chi connectivity index (χ4v) is 5.97. The largest absolute Gasteiger partial charge is 0.493 e. The monoisotopic (exact) mass is 394 g/mol. The smallest absolute Gasteiger partial charge is 0.243 e. The Kier molecular flexibility index (Phi) is 4.68. The van der Waals surface area contributed by atoms with Crippen LogP contribution in [0.25, 0.3) is 0 Å². The molecule has 0 saturated carbocycles. The number of methoxy groups -OCH3 is 2. The van der Waals surface area contributed by atoms with Crippen molar-refractivity contribution in [3.8, 4) is 11.5 Å². The predicted molar refractivity (Wildman–Crippen MR) is 101 cm³/mol. The summed E-state index contributed by atoms with van der Waals surface area (Å²) in [6.45, 7) is 3.00. The Hall–Kier alpha value is -1.61. The highest BCUT2D eigenvalue weighted by molar-refractivity contribution is 7.89. The molecule has 2 aromatic rings. The van der Waals surface area contributed by atoms with Gasteiger partial charge in [0.2, 0.25) is 10.0 Å². The lowest BCUT2D eigenvalue weighted by molar-refractivity contribution is 0.0775. The van der Waals surface area contributed by atoms with Gasteiger partial charge < -0.3 is 9.47 Å². The number of fused-ring (bicyclic) bond motifs is 1. The predicted octanol–water partition coefficient (Wildman–Crippen LogP) is 2.20. The van der Waals surface area contributed by atoms with Crippen molar-refractivity contribution in [3.63, 3.8) is 0 Å². The molecule has 0 unspecified atom stereocenters. The van der Waals surface area contributed by atoms with E-state index in [1.165, 1.54) is 30.7 Å². The summed E-state index contributed by atoms with van der Waals surface area (Å²) in [6.07, 6.45) is 1.06. The van der Waals surface area contributed by atoms with Crippen LogP contribution in [-0.4, -0.2) is 57.5 Å². The Bertz CT molecular complexity index is 904. The molecule has 3 heterocycles. The van der Waals surface area contributed by atoms with E-state index in [9.17, 15) is 8.42 Å². The summed E-state index contributed by atoms with van der Waals surface area (Å²) >= 11 is 1.82. The van der Waals surface area contributed by atoms with E-state index < -0.39 is 10.0 Å². The van der Waals surface area contributed by atoms with Gasteiger partial charge in [-0.3, -0.25) is 4.90 Å². The molecule has 2 aliphatic rings. The third-order valence-electron chi connectivity index (χ3n) is 5.18. The van der Waals surface area contributed by atoms with Crippen molar-refractivity contribution in [2.45, 2.75) is 23.9 Å². The van der Waals surface area contributed by atoms with Gasteiger partial charge in [0.15, 0.2) is 11.5 Å². The molecular weight excluding hydrogens is 372 g/mol. The fourth-order valence-electron chi connectivity index (χ4n) is 3.55. The Balaban J connectivity index is 1.45. The average molecular weight is 395 g/mol. The van der Waals surface area contributed by atoms with Crippen molar-refractivity contribution in [3.05, 3.63) is 40.1 Å². The van der Waals surface area contributed by atoms with Crippen molar-refractivity contribution in [1.82, 2.24) is 9.21 Å². The normalized spacial score (nSPS) is 19.0. The highest BCUT2D eigenvalue weighted by Crippen LogP contribution is 2.33. The Morgan fingerprint density at radius 3 is 2.62 bits per heavy atom. The molecule has 0 bridgehead atoms. The van der Waals surface area contributed by atoms with Crippen LogP contribution < -0.4 is 9.47 Å². The molecule has 0 radical (unpaired) electrons. The number of hydrogen-bond acceptors (Lipinski definition) is 6.